The van der Waals surface area contributed by atoms with E-state index in [9.17, 15) is 18.3 Å². The molecule has 4 nitrogen and oxygen atoms in total. The van der Waals surface area contributed by atoms with E-state index in [1.807, 2.05) is 0 Å². The van der Waals surface area contributed by atoms with E-state index in [0.717, 1.165) is 0 Å². The third-order valence-electron chi connectivity index (χ3n) is 3.32. The summed E-state index contributed by atoms with van der Waals surface area (Å²) in [6, 6.07) is 0. The van der Waals surface area contributed by atoms with Gasteiger partial charge < -0.3 is 9.84 Å². The van der Waals surface area contributed by atoms with Crippen LogP contribution in [0.2, 0.25) is 5.28 Å². The lowest BCUT2D eigenvalue weighted by Gasteiger charge is -2.33. The number of rotatable bonds is 2. The van der Waals surface area contributed by atoms with Gasteiger partial charge in [-0.1, -0.05) is 0 Å². The van der Waals surface area contributed by atoms with Gasteiger partial charge in [0, 0.05) is 6.20 Å². The maximum absolute atomic E-state index is 12.8. The van der Waals surface area contributed by atoms with Crippen molar-refractivity contribution in [2.24, 2.45) is 0 Å². The Kier molecular flexibility index (Phi) is 4.11. The maximum atomic E-state index is 12.8. The third-order valence-corrected chi connectivity index (χ3v) is 3.50. The Balaban J connectivity index is 2.15. The predicted molar refractivity (Wildman–Crippen MR) is 65.6 cm³/mol. The van der Waals surface area contributed by atoms with Gasteiger partial charge in [-0.05, 0) is 44.2 Å². The van der Waals surface area contributed by atoms with Gasteiger partial charge in [-0.25, -0.2) is 4.98 Å². The zero-order valence-corrected chi connectivity index (χ0v) is 11.5. The number of halogens is 4. The van der Waals surface area contributed by atoms with Gasteiger partial charge in [0.2, 0.25) is 11.2 Å². The van der Waals surface area contributed by atoms with Crippen LogP contribution in [0.25, 0.3) is 0 Å². The van der Waals surface area contributed by atoms with Gasteiger partial charge >= 0.3 is 6.18 Å². The molecule has 0 amide bonds. The Morgan fingerprint density at radius 2 is 2.00 bits per heavy atom. The molecule has 1 heterocycles. The Labute approximate surface area is 118 Å². The molecule has 20 heavy (non-hydrogen) atoms. The van der Waals surface area contributed by atoms with Gasteiger partial charge in [0.05, 0.1) is 5.60 Å². The first-order chi connectivity index (χ1) is 9.17. The second-order valence-corrected chi connectivity index (χ2v) is 5.51. The highest BCUT2D eigenvalue weighted by atomic mass is 35.5. The fourth-order valence-corrected chi connectivity index (χ4v) is 2.24. The van der Waals surface area contributed by atoms with Crippen molar-refractivity contribution in [3.05, 3.63) is 17.0 Å². The monoisotopic (exact) mass is 310 g/mol. The van der Waals surface area contributed by atoms with E-state index in [0.29, 0.717) is 31.9 Å². The fraction of sp³-hybridized carbons (Fsp3) is 0.667. The molecule has 1 aromatic rings. The molecular formula is C12H14ClF3N2O2. The average molecular weight is 311 g/mol. The van der Waals surface area contributed by atoms with Crippen LogP contribution in [0.5, 0.6) is 5.88 Å². The molecule has 1 aromatic heterocycles. The summed E-state index contributed by atoms with van der Waals surface area (Å²) in [6.45, 7) is 1.70. The van der Waals surface area contributed by atoms with E-state index in [1.54, 1.807) is 6.92 Å². The summed E-state index contributed by atoms with van der Waals surface area (Å²) in [5, 5.41) is 9.51. The zero-order valence-electron chi connectivity index (χ0n) is 10.7. The summed E-state index contributed by atoms with van der Waals surface area (Å²) in [5.74, 6) is -0.552. The van der Waals surface area contributed by atoms with Crippen LogP contribution in [0, 0.1) is 0 Å². The van der Waals surface area contributed by atoms with E-state index < -0.39 is 29.3 Å². The van der Waals surface area contributed by atoms with Gasteiger partial charge in [-0.15, -0.1) is 0 Å². The highest BCUT2D eigenvalue weighted by Gasteiger charge is 2.38. The van der Waals surface area contributed by atoms with Crippen molar-refractivity contribution in [1.29, 1.82) is 0 Å². The molecule has 1 N–H and O–H groups in total. The lowest BCUT2D eigenvalue weighted by atomic mass is 9.85. The highest BCUT2D eigenvalue weighted by molar-refractivity contribution is 6.28. The number of hydrogen-bond acceptors (Lipinski definition) is 4. The molecule has 2 rings (SSSR count). The van der Waals surface area contributed by atoms with Crippen LogP contribution >= 0.6 is 11.6 Å². The van der Waals surface area contributed by atoms with Crippen molar-refractivity contribution in [2.75, 3.05) is 0 Å². The van der Waals surface area contributed by atoms with Gasteiger partial charge in [0.25, 0.3) is 0 Å². The minimum Gasteiger partial charge on any atom is -0.474 e. The van der Waals surface area contributed by atoms with Crippen molar-refractivity contribution in [3.63, 3.8) is 0 Å². The summed E-state index contributed by atoms with van der Waals surface area (Å²) in [4.78, 5) is 6.86. The van der Waals surface area contributed by atoms with Crippen LogP contribution < -0.4 is 4.74 Å². The number of nitrogens with zero attached hydrogens (tertiary/aromatic N) is 2. The molecule has 1 saturated carbocycles. The van der Waals surface area contributed by atoms with E-state index in [4.69, 9.17) is 16.3 Å². The Bertz CT molecular complexity index is 484. The molecule has 0 radical (unpaired) electrons. The van der Waals surface area contributed by atoms with E-state index in [-0.39, 0.29) is 5.28 Å². The SMILES string of the molecule is CC1(O)CCC(Oc2nc(Cl)ncc2C(F)(F)F)CC1. The normalized spacial score (nSPS) is 27.4. The lowest BCUT2D eigenvalue weighted by Crippen LogP contribution is -2.35. The minimum atomic E-state index is -4.60. The molecule has 0 atom stereocenters. The molecule has 8 heteroatoms. The van der Waals surface area contributed by atoms with Crippen LogP contribution in [0.1, 0.15) is 38.2 Å². The molecular weight excluding hydrogens is 297 g/mol. The second-order valence-electron chi connectivity index (χ2n) is 5.17. The maximum Gasteiger partial charge on any atom is 0.423 e. The smallest absolute Gasteiger partial charge is 0.423 e. The second kappa shape index (κ2) is 5.37. The Morgan fingerprint density at radius 1 is 1.40 bits per heavy atom. The topological polar surface area (TPSA) is 55.2 Å². The van der Waals surface area contributed by atoms with Crippen molar-refractivity contribution in [3.8, 4) is 5.88 Å². The largest absolute Gasteiger partial charge is 0.474 e. The van der Waals surface area contributed by atoms with E-state index in [1.165, 1.54) is 0 Å². The fourth-order valence-electron chi connectivity index (χ4n) is 2.12. The molecule has 0 aromatic carbocycles. The van der Waals surface area contributed by atoms with Crippen LogP contribution in [0.3, 0.4) is 0 Å². The first-order valence-corrected chi connectivity index (χ1v) is 6.54. The van der Waals surface area contributed by atoms with Gasteiger partial charge in [0.15, 0.2) is 0 Å². The number of ether oxygens (including phenoxy) is 1. The predicted octanol–water partition coefficient (Wildman–Crippen LogP) is 3.22. The van der Waals surface area contributed by atoms with Gasteiger partial charge in [-0.2, -0.15) is 18.2 Å². The summed E-state index contributed by atoms with van der Waals surface area (Å²) in [6.07, 6.45) is -2.53. The van der Waals surface area contributed by atoms with Crippen LogP contribution in [0.4, 0.5) is 13.2 Å². The van der Waals surface area contributed by atoms with Crippen molar-refractivity contribution >= 4 is 11.6 Å². The summed E-state index contributed by atoms with van der Waals surface area (Å²) >= 11 is 5.52. The van der Waals surface area contributed by atoms with Crippen LogP contribution in [-0.2, 0) is 6.18 Å². The van der Waals surface area contributed by atoms with Crippen LogP contribution in [-0.4, -0.2) is 26.8 Å². The number of alkyl halides is 3. The molecule has 1 aliphatic rings. The van der Waals surface area contributed by atoms with E-state index in [2.05, 4.69) is 9.97 Å². The minimum absolute atomic E-state index is 0.296. The molecule has 0 aliphatic heterocycles. The third kappa shape index (κ3) is 3.73. The highest BCUT2D eigenvalue weighted by Crippen LogP contribution is 2.37. The number of hydrogen-bond donors (Lipinski definition) is 1. The first-order valence-electron chi connectivity index (χ1n) is 6.16. The van der Waals surface area contributed by atoms with Crippen molar-refractivity contribution in [2.45, 2.75) is 50.5 Å². The van der Waals surface area contributed by atoms with Crippen molar-refractivity contribution < 1.29 is 23.0 Å². The molecule has 0 saturated heterocycles. The number of aromatic nitrogens is 2. The first kappa shape index (κ1) is 15.3. The average Bonchev–Trinajstić information content (AvgIpc) is 2.30. The lowest BCUT2D eigenvalue weighted by molar-refractivity contribution is -0.140. The molecule has 0 unspecified atom stereocenters. The van der Waals surface area contributed by atoms with E-state index >= 15 is 0 Å². The Hall–Kier alpha value is -1.08. The zero-order chi connectivity index (χ0) is 15.0. The molecule has 1 fully saturated rings. The van der Waals surface area contributed by atoms with Gasteiger partial charge in [0.1, 0.15) is 11.7 Å². The van der Waals surface area contributed by atoms with Crippen molar-refractivity contribution in [1.82, 2.24) is 9.97 Å². The molecule has 0 bridgehead atoms. The molecule has 112 valence electrons. The summed E-state index contributed by atoms with van der Waals surface area (Å²) < 4.78 is 43.8. The quantitative estimate of drug-likeness (QED) is 0.852. The van der Waals surface area contributed by atoms with Crippen LogP contribution in [0.15, 0.2) is 6.20 Å². The standard InChI is InChI=1S/C12H14ClF3N2O2/c1-11(19)4-2-7(3-5-11)20-9-8(12(14,15)16)6-17-10(13)18-9/h6-7,19H,2-5H2,1H3. The molecule has 0 spiro atoms. The van der Waals surface area contributed by atoms with Gasteiger partial charge in [-0.3, -0.25) is 0 Å². The molecule has 1 aliphatic carbocycles. The Morgan fingerprint density at radius 3 is 2.55 bits per heavy atom. The summed E-state index contributed by atoms with van der Waals surface area (Å²) in [5.41, 5.74) is -1.82. The number of aliphatic hydroxyl groups is 1. The summed E-state index contributed by atoms with van der Waals surface area (Å²) in [7, 11) is 0.